The number of hydrogen-bond acceptors (Lipinski definition) is 3. The minimum absolute atomic E-state index is 0.263. The molecule has 1 spiro atoms. The molecule has 2 atom stereocenters. The standard InChI is InChI=1S/C14H25NO2/c16-11-12-4-3-9-15(12)10-13-5-8-14(17-13)6-1-2-7-14/h12-13,16H,1-11H2/t12-,13?/m1/s1. The molecule has 3 fully saturated rings. The Morgan fingerprint density at radius 2 is 1.94 bits per heavy atom. The third kappa shape index (κ3) is 2.38. The van der Waals surface area contributed by atoms with E-state index in [0.29, 0.717) is 18.8 Å². The monoisotopic (exact) mass is 239 g/mol. The highest BCUT2D eigenvalue weighted by Gasteiger charge is 2.43. The lowest BCUT2D eigenvalue weighted by Crippen LogP contribution is -2.39. The fraction of sp³-hybridized carbons (Fsp3) is 1.00. The molecule has 1 saturated carbocycles. The van der Waals surface area contributed by atoms with Gasteiger partial charge in [-0.25, -0.2) is 0 Å². The summed E-state index contributed by atoms with van der Waals surface area (Å²) in [5.74, 6) is 0. The zero-order chi connectivity index (χ0) is 11.7. The summed E-state index contributed by atoms with van der Waals surface area (Å²) >= 11 is 0. The minimum atomic E-state index is 0.263. The van der Waals surface area contributed by atoms with Crippen LogP contribution in [-0.4, -0.2) is 47.4 Å². The van der Waals surface area contributed by atoms with Crippen molar-refractivity contribution in [1.29, 1.82) is 0 Å². The Labute approximate surface area is 104 Å². The molecule has 2 saturated heterocycles. The lowest BCUT2D eigenvalue weighted by atomic mass is 9.98. The molecule has 17 heavy (non-hydrogen) atoms. The van der Waals surface area contributed by atoms with E-state index in [0.717, 1.165) is 19.5 Å². The fourth-order valence-electron chi connectivity index (χ4n) is 4.02. The molecule has 0 aromatic carbocycles. The van der Waals surface area contributed by atoms with E-state index in [-0.39, 0.29) is 5.60 Å². The highest BCUT2D eigenvalue weighted by molar-refractivity contribution is 4.94. The number of hydrogen-bond donors (Lipinski definition) is 1. The van der Waals surface area contributed by atoms with E-state index < -0.39 is 0 Å². The first-order chi connectivity index (χ1) is 8.31. The molecule has 0 aromatic rings. The number of aliphatic hydroxyl groups excluding tert-OH is 1. The van der Waals surface area contributed by atoms with Crippen LogP contribution in [0.25, 0.3) is 0 Å². The summed E-state index contributed by atoms with van der Waals surface area (Å²) in [6.07, 6.45) is 10.6. The molecule has 3 rings (SSSR count). The third-order valence-electron chi connectivity index (χ3n) is 5.00. The zero-order valence-corrected chi connectivity index (χ0v) is 10.7. The van der Waals surface area contributed by atoms with E-state index in [9.17, 15) is 5.11 Å². The quantitative estimate of drug-likeness (QED) is 0.817. The van der Waals surface area contributed by atoms with Crippen LogP contribution >= 0.6 is 0 Å². The second kappa shape index (κ2) is 4.87. The summed E-state index contributed by atoms with van der Waals surface area (Å²) in [6.45, 7) is 2.52. The van der Waals surface area contributed by atoms with Crippen molar-refractivity contribution in [2.24, 2.45) is 0 Å². The average molecular weight is 239 g/mol. The Kier molecular flexibility index (Phi) is 3.42. The van der Waals surface area contributed by atoms with E-state index >= 15 is 0 Å². The maximum atomic E-state index is 9.33. The van der Waals surface area contributed by atoms with Gasteiger partial charge in [0.15, 0.2) is 0 Å². The molecule has 3 heteroatoms. The van der Waals surface area contributed by atoms with Crippen LogP contribution in [0.15, 0.2) is 0 Å². The molecule has 0 bridgehead atoms. The second-order valence-electron chi connectivity index (χ2n) is 6.14. The van der Waals surface area contributed by atoms with Gasteiger partial charge in [-0.05, 0) is 45.1 Å². The fourth-order valence-corrected chi connectivity index (χ4v) is 4.02. The van der Waals surface area contributed by atoms with Gasteiger partial charge in [-0.3, -0.25) is 4.90 Å². The predicted octanol–water partition coefficient (Wildman–Crippen LogP) is 1.93. The van der Waals surface area contributed by atoms with Crippen molar-refractivity contribution in [3.05, 3.63) is 0 Å². The smallest absolute Gasteiger partial charge is 0.0710 e. The van der Waals surface area contributed by atoms with Crippen LogP contribution in [0.2, 0.25) is 0 Å². The van der Waals surface area contributed by atoms with Crippen LogP contribution in [0.3, 0.4) is 0 Å². The van der Waals surface area contributed by atoms with Crippen LogP contribution in [0.5, 0.6) is 0 Å². The molecule has 1 aliphatic carbocycles. The van der Waals surface area contributed by atoms with Gasteiger partial charge >= 0.3 is 0 Å². The van der Waals surface area contributed by atoms with E-state index in [4.69, 9.17) is 4.74 Å². The summed E-state index contributed by atoms with van der Waals surface area (Å²) in [5, 5.41) is 9.33. The molecule has 98 valence electrons. The molecule has 1 unspecified atom stereocenters. The number of ether oxygens (including phenoxy) is 1. The SMILES string of the molecule is OC[C@H]1CCCN1CC1CCC2(CCCC2)O1. The second-order valence-corrected chi connectivity index (χ2v) is 6.14. The molecular formula is C14H25NO2. The van der Waals surface area contributed by atoms with Gasteiger partial charge in [-0.2, -0.15) is 0 Å². The Morgan fingerprint density at radius 3 is 2.71 bits per heavy atom. The number of likely N-dealkylation sites (tertiary alicyclic amines) is 1. The van der Waals surface area contributed by atoms with Crippen LogP contribution in [-0.2, 0) is 4.74 Å². The Bertz CT molecular complexity index is 263. The van der Waals surface area contributed by atoms with E-state index in [1.807, 2.05) is 0 Å². The maximum absolute atomic E-state index is 9.33. The van der Waals surface area contributed by atoms with Gasteiger partial charge in [-0.1, -0.05) is 12.8 Å². The van der Waals surface area contributed by atoms with Crippen molar-refractivity contribution < 1.29 is 9.84 Å². The van der Waals surface area contributed by atoms with Gasteiger partial charge in [0.1, 0.15) is 0 Å². The summed E-state index contributed by atoms with van der Waals surface area (Å²) < 4.78 is 6.34. The largest absolute Gasteiger partial charge is 0.395 e. The van der Waals surface area contributed by atoms with Crippen molar-refractivity contribution in [1.82, 2.24) is 4.90 Å². The molecule has 0 aromatic heterocycles. The Morgan fingerprint density at radius 1 is 1.12 bits per heavy atom. The van der Waals surface area contributed by atoms with E-state index in [1.54, 1.807) is 0 Å². The summed E-state index contributed by atoms with van der Waals surface area (Å²) in [4.78, 5) is 2.44. The first-order valence-electron chi connectivity index (χ1n) is 7.34. The van der Waals surface area contributed by atoms with Gasteiger partial charge in [0.25, 0.3) is 0 Å². The highest BCUT2D eigenvalue weighted by atomic mass is 16.5. The highest BCUT2D eigenvalue weighted by Crippen LogP contribution is 2.43. The lowest BCUT2D eigenvalue weighted by molar-refractivity contribution is -0.0499. The third-order valence-corrected chi connectivity index (χ3v) is 5.00. The molecule has 0 amide bonds. The van der Waals surface area contributed by atoms with Crippen molar-refractivity contribution in [2.45, 2.75) is 69.1 Å². The van der Waals surface area contributed by atoms with Gasteiger partial charge in [0.2, 0.25) is 0 Å². The molecular weight excluding hydrogens is 214 g/mol. The molecule has 0 radical (unpaired) electrons. The van der Waals surface area contributed by atoms with Crippen LogP contribution in [0.1, 0.15) is 51.4 Å². The first-order valence-corrected chi connectivity index (χ1v) is 7.34. The van der Waals surface area contributed by atoms with E-state index in [2.05, 4.69) is 4.90 Å². The Balaban J connectivity index is 1.53. The number of nitrogens with zero attached hydrogens (tertiary/aromatic N) is 1. The minimum Gasteiger partial charge on any atom is -0.395 e. The predicted molar refractivity (Wildman–Crippen MR) is 67.0 cm³/mol. The summed E-state index contributed by atoms with van der Waals surface area (Å²) in [6, 6.07) is 0.402. The van der Waals surface area contributed by atoms with E-state index in [1.165, 1.54) is 44.9 Å². The Hall–Kier alpha value is -0.120. The van der Waals surface area contributed by atoms with Crippen LogP contribution in [0, 0.1) is 0 Å². The summed E-state index contributed by atoms with van der Waals surface area (Å²) in [7, 11) is 0. The van der Waals surface area contributed by atoms with Gasteiger partial charge in [0, 0.05) is 12.6 Å². The van der Waals surface area contributed by atoms with Crippen LogP contribution < -0.4 is 0 Å². The molecule has 2 heterocycles. The zero-order valence-electron chi connectivity index (χ0n) is 10.7. The topological polar surface area (TPSA) is 32.7 Å². The number of rotatable bonds is 3. The lowest BCUT2D eigenvalue weighted by Gasteiger charge is -2.28. The summed E-state index contributed by atoms with van der Waals surface area (Å²) in [5.41, 5.74) is 0.263. The van der Waals surface area contributed by atoms with Crippen molar-refractivity contribution in [2.75, 3.05) is 19.7 Å². The maximum Gasteiger partial charge on any atom is 0.0710 e. The van der Waals surface area contributed by atoms with Crippen molar-refractivity contribution in [3.63, 3.8) is 0 Å². The van der Waals surface area contributed by atoms with Gasteiger partial charge in [-0.15, -0.1) is 0 Å². The van der Waals surface area contributed by atoms with Crippen molar-refractivity contribution >= 4 is 0 Å². The van der Waals surface area contributed by atoms with Crippen LogP contribution in [0.4, 0.5) is 0 Å². The average Bonchev–Trinajstić information content (AvgIpc) is 3.03. The first kappa shape index (κ1) is 11.9. The molecule has 2 aliphatic heterocycles. The molecule has 3 nitrogen and oxygen atoms in total. The normalized spacial score (nSPS) is 37.2. The number of aliphatic hydroxyl groups is 1. The van der Waals surface area contributed by atoms with Crippen molar-refractivity contribution in [3.8, 4) is 0 Å². The molecule has 3 aliphatic rings. The molecule has 1 N–H and O–H groups in total. The van der Waals surface area contributed by atoms with Gasteiger partial charge < -0.3 is 9.84 Å². The van der Waals surface area contributed by atoms with Gasteiger partial charge in [0.05, 0.1) is 18.3 Å².